The van der Waals surface area contributed by atoms with Gasteiger partial charge in [-0.05, 0) is 35.7 Å². The molecule has 0 aliphatic carbocycles. The molecule has 3 rings (SSSR count). The van der Waals surface area contributed by atoms with Crippen LogP contribution in [0.3, 0.4) is 0 Å². The quantitative estimate of drug-likeness (QED) is 0.601. The molecule has 9 nitrogen and oxygen atoms in total. The minimum absolute atomic E-state index is 0.00685. The van der Waals surface area contributed by atoms with Gasteiger partial charge in [-0.1, -0.05) is 6.07 Å². The number of carbonyl (C=O) groups excluding carboxylic acids is 1. The number of hydrogen-bond acceptors (Lipinski definition) is 7. The van der Waals surface area contributed by atoms with Gasteiger partial charge in [0.05, 0.1) is 9.77 Å². The van der Waals surface area contributed by atoms with Crippen molar-refractivity contribution < 1.29 is 21.6 Å². The monoisotopic (exact) mass is 440 g/mol. The van der Waals surface area contributed by atoms with Crippen molar-refractivity contribution in [2.45, 2.75) is 16.7 Å². The van der Waals surface area contributed by atoms with E-state index in [4.69, 9.17) is 0 Å². The summed E-state index contributed by atoms with van der Waals surface area (Å²) in [5, 5.41) is 6.04. The molecule has 0 saturated carbocycles. The summed E-state index contributed by atoms with van der Waals surface area (Å²) < 4.78 is 55.2. The second-order valence-corrected chi connectivity index (χ2v) is 10.1. The highest BCUT2D eigenvalue weighted by Crippen LogP contribution is 2.30. The van der Waals surface area contributed by atoms with Crippen LogP contribution in [0.25, 0.3) is 10.6 Å². The molecule has 0 unspecified atom stereocenters. The van der Waals surface area contributed by atoms with E-state index in [1.165, 1.54) is 46.5 Å². The molecule has 1 aromatic carbocycles. The van der Waals surface area contributed by atoms with Crippen LogP contribution in [0.15, 0.2) is 57.8 Å². The number of anilines is 1. The number of carbonyl (C=O) groups is 1. The first-order chi connectivity index (χ1) is 13.1. The van der Waals surface area contributed by atoms with Crippen LogP contribution < -0.4 is 9.44 Å². The van der Waals surface area contributed by atoms with Gasteiger partial charge in [0.25, 0.3) is 20.0 Å². The Bertz CT molecular complexity index is 1210. The minimum Gasteiger partial charge on any atom is -0.280 e. The molecule has 28 heavy (non-hydrogen) atoms. The van der Waals surface area contributed by atoms with Gasteiger partial charge in [0.2, 0.25) is 5.91 Å². The maximum Gasteiger partial charge on any atom is 0.265 e. The predicted molar refractivity (Wildman–Crippen MR) is 105 cm³/mol. The first-order valence-electron chi connectivity index (χ1n) is 7.82. The lowest BCUT2D eigenvalue weighted by Crippen LogP contribution is -2.28. The van der Waals surface area contributed by atoms with Gasteiger partial charge in [-0.2, -0.15) is 5.10 Å². The molecular weight excluding hydrogens is 424 g/mol. The average molecular weight is 441 g/mol. The summed E-state index contributed by atoms with van der Waals surface area (Å²) in [7, 11) is -6.33. The van der Waals surface area contributed by atoms with Gasteiger partial charge in [-0.15, -0.1) is 11.3 Å². The van der Waals surface area contributed by atoms with Gasteiger partial charge >= 0.3 is 0 Å². The number of nitrogens with one attached hydrogen (secondary N) is 2. The number of rotatable bonds is 6. The predicted octanol–water partition coefficient (Wildman–Crippen LogP) is 1.77. The zero-order valence-electron chi connectivity index (χ0n) is 14.8. The van der Waals surface area contributed by atoms with Gasteiger partial charge in [0, 0.05) is 25.9 Å². The third-order valence-electron chi connectivity index (χ3n) is 3.53. The van der Waals surface area contributed by atoms with Crippen LogP contribution in [-0.2, 0) is 31.9 Å². The fraction of sp³-hybridized carbons (Fsp3) is 0.125. The van der Waals surface area contributed by atoms with E-state index in [1.54, 1.807) is 19.2 Å². The van der Waals surface area contributed by atoms with Crippen LogP contribution in [0.1, 0.15) is 6.92 Å². The maximum absolute atomic E-state index is 12.8. The number of hydrogen-bond donors (Lipinski definition) is 2. The van der Waals surface area contributed by atoms with E-state index in [1.807, 2.05) is 10.1 Å². The molecule has 0 aliphatic heterocycles. The second kappa shape index (κ2) is 7.37. The Kier molecular flexibility index (Phi) is 5.28. The molecule has 148 valence electrons. The van der Waals surface area contributed by atoms with Gasteiger partial charge in [-0.25, -0.2) is 21.6 Å². The van der Waals surface area contributed by atoms with Gasteiger partial charge < -0.3 is 0 Å². The van der Waals surface area contributed by atoms with E-state index >= 15 is 0 Å². The molecular formula is C16H16N4O5S3. The molecule has 2 aromatic heterocycles. The number of sulfonamides is 2. The van der Waals surface area contributed by atoms with Gasteiger partial charge in [0.15, 0.2) is 0 Å². The molecule has 0 radical (unpaired) electrons. The zero-order valence-corrected chi connectivity index (χ0v) is 17.2. The number of benzene rings is 1. The summed E-state index contributed by atoms with van der Waals surface area (Å²) in [4.78, 5) is 11.5. The Balaban J connectivity index is 1.89. The molecule has 2 N–H and O–H groups in total. The lowest BCUT2D eigenvalue weighted by molar-refractivity contribution is -0.117. The highest BCUT2D eigenvalue weighted by atomic mass is 32.2. The number of aryl methyl sites for hydroxylation is 1. The van der Waals surface area contributed by atoms with Gasteiger partial charge in [0.1, 0.15) is 10.6 Å². The van der Waals surface area contributed by atoms with Crippen molar-refractivity contribution in [2.75, 3.05) is 4.72 Å². The van der Waals surface area contributed by atoms with Crippen molar-refractivity contribution in [3.8, 4) is 10.6 Å². The van der Waals surface area contributed by atoms with Crippen LogP contribution in [0.2, 0.25) is 0 Å². The molecule has 2 heterocycles. The fourth-order valence-corrected chi connectivity index (χ4v) is 5.44. The SMILES string of the molecule is CC(=O)NS(=O)(=O)c1ccc(NS(=O)(=O)c2cn(C)nc2-c2cccs2)cc1. The van der Waals surface area contributed by atoms with E-state index in [0.717, 1.165) is 6.92 Å². The topological polar surface area (TPSA) is 127 Å². The molecule has 1 amide bonds. The zero-order chi connectivity index (χ0) is 20.5. The largest absolute Gasteiger partial charge is 0.280 e. The summed E-state index contributed by atoms with van der Waals surface area (Å²) in [5.41, 5.74) is 0.498. The lowest BCUT2D eigenvalue weighted by atomic mass is 10.3. The minimum atomic E-state index is -3.99. The first-order valence-corrected chi connectivity index (χ1v) is 11.7. The smallest absolute Gasteiger partial charge is 0.265 e. The molecule has 0 bridgehead atoms. The molecule has 12 heteroatoms. The maximum atomic E-state index is 12.8. The molecule has 0 aliphatic rings. The van der Waals surface area contributed by atoms with E-state index < -0.39 is 26.0 Å². The van der Waals surface area contributed by atoms with Crippen LogP contribution in [0.5, 0.6) is 0 Å². The normalized spacial score (nSPS) is 11.9. The summed E-state index contributed by atoms with van der Waals surface area (Å²) in [5.74, 6) is -0.720. The summed E-state index contributed by atoms with van der Waals surface area (Å²) in [6.45, 7) is 1.08. The van der Waals surface area contributed by atoms with Crippen LogP contribution in [0.4, 0.5) is 5.69 Å². The highest BCUT2D eigenvalue weighted by molar-refractivity contribution is 7.93. The van der Waals surface area contributed by atoms with E-state index in [2.05, 4.69) is 9.82 Å². The van der Waals surface area contributed by atoms with Crippen molar-refractivity contribution in [1.29, 1.82) is 0 Å². The summed E-state index contributed by atoms with van der Waals surface area (Å²) >= 11 is 1.37. The van der Waals surface area contributed by atoms with E-state index in [0.29, 0.717) is 10.6 Å². The van der Waals surface area contributed by atoms with Crippen LogP contribution >= 0.6 is 11.3 Å². The van der Waals surface area contributed by atoms with Crippen molar-refractivity contribution >= 4 is 43.0 Å². The Morgan fingerprint density at radius 1 is 1.07 bits per heavy atom. The van der Waals surface area contributed by atoms with Gasteiger partial charge in [-0.3, -0.25) is 14.2 Å². The Morgan fingerprint density at radius 3 is 2.32 bits per heavy atom. The average Bonchev–Trinajstić information content (AvgIpc) is 3.23. The van der Waals surface area contributed by atoms with Crippen molar-refractivity contribution in [1.82, 2.24) is 14.5 Å². The second-order valence-electron chi connectivity index (χ2n) is 5.78. The van der Waals surface area contributed by atoms with Crippen LogP contribution in [-0.4, -0.2) is 32.5 Å². The van der Waals surface area contributed by atoms with Crippen LogP contribution in [0, 0.1) is 0 Å². The lowest BCUT2D eigenvalue weighted by Gasteiger charge is -2.09. The summed E-state index contributed by atoms with van der Waals surface area (Å²) in [6, 6.07) is 8.57. The first kappa shape index (κ1) is 20.0. The molecule has 0 atom stereocenters. The summed E-state index contributed by atoms with van der Waals surface area (Å²) in [6.07, 6.45) is 1.40. The molecule has 0 fully saturated rings. The standard InChI is InChI=1S/C16H16N4O5S3/c1-11(21)18-27(22,23)13-7-5-12(6-8-13)19-28(24,25)15-10-20(2)17-16(15)14-4-3-9-26-14/h3-10,19H,1-2H3,(H,18,21). The number of aromatic nitrogens is 2. The van der Waals surface area contributed by atoms with Crippen molar-refractivity contribution in [3.63, 3.8) is 0 Å². The Hall–Kier alpha value is -2.70. The fourth-order valence-electron chi connectivity index (χ4n) is 2.41. The third kappa shape index (κ3) is 4.24. The Labute approximate surface area is 166 Å². The highest BCUT2D eigenvalue weighted by Gasteiger charge is 2.24. The number of nitrogens with zero attached hydrogens (tertiary/aromatic N) is 2. The van der Waals surface area contributed by atoms with E-state index in [-0.39, 0.29) is 15.5 Å². The van der Waals surface area contributed by atoms with Crippen molar-refractivity contribution in [3.05, 3.63) is 48.0 Å². The van der Waals surface area contributed by atoms with E-state index in [9.17, 15) is 21.6 Å². The van der Waals surface area contributed by atoms with Crippen molar-refractivity contribution in [2.24, 2.45) is 7.05 Å². The number of amides is 1. The Morgan fingerprint density at radius 2 is 1.75 bits per heavy atom. The number of thiophene rings is 1. The molecule has 0 spiro atoms. The third-order valence-corrected chi connectivity index (χ3v) is 7.24. The molecule has 0 saturated heterocycles. The molecule has 3 aromatic rings.